The van der Waals surface area contributed by atoms with Crippen molar-refractivity contribution >= 4 is 33.5 Å². The number of thioether (sulfide) groups is 1. The van der Waals surface area contributed by atoms with Crippen molar-refractivity contribution < 1.29 is 4.74 Å². The van der Waals surface area contributed by atoms with Gasteiger partial charge >= 0.3 is 0 Å². The smallest absolute Gasteiger partial charge is 0.230 e. The summed E-state index contributed by atoms with van der Waals surface area (Å²) in [6, 6.07) is 12.3. The fourth-order valence-electron chi connectivity index (χ4n) is 3.87. The van der Waals surface area contributed by atoms with E-state index in [9.17, 15) is 10.5 Å². The van der Waals surface area contributed by atoms with Crippen molar-refractivity contribution in [3.63, 3.8) is 0 Å². The number of nitrogens with two attached hydrogens (primary N) is 1. The number of halogens is 1. The molecule has 2 aliphatic heterocycles. The van der Waals surface area contributed by atoms with Gasteiger partial charge in [-0.1, -0.05) is 39.8 Å². The molecule has 1 aromatic carbocycles. The van der Waals surface area contributed by atoms with Crippen LogP contribution in [0, 0.1) is 33.5 Å². The van der Waals surface area contributed by atoms with Crippen LogP contribution in [-0.4, -0.2) is 23.3 Å². The van der Waals surface area contributed by atoms with Gasteiger partial charge in [-0.2, -0.15) is 10.5 Å². The predicted molar refractivity (Wildman–Crippen MR) is 85.7 cm³/mol. The lowest BCUT2D eigenvalue weighted by Crippen LogP contribution is -2.34. The molecule has 1 aromatic rings. The largest absolute Gasteiger partial charge is 0.386 e. The maximum absolute atomic E-state index is 9.96. The number of ether oxygens (including phenoxy) is 1. The number of hydrogen-bond acceptors (Lipinski definition) is 6. The Morgan fingerprint density at radius 2 is 2.05 bits per heavy atom. The monoisotopic (exact) mass is 374 g/mol. The van der Waals surface area contributed by atoms with E-state index in [1.54, 1.807) is 0 Å². The number of amidine groups is 1. The lowest BCUT2D eigenvalue weighted by molar-refractivity contribution is 0.0200. The molecule has 22 heavy (non-hydrogen) atoms. The number of benzene rings is 1. The maximum atomic E-state index is 9.96. The first kappa shape index (κ1) is 14.1. The Kier molecular flexibility index (Phi) is 2.73. The van der Waals surface area contributed by atoms with Gasteiger partial charge < -0.3 is 10.5 Å². The van der Waals surface area contributed by atoms with Gasteiger partial charge in [0.25, 0.3) is 0 Å². The van der Waals surface area contributed by atoms with Crippen molar-refractivity contribution in [2.45, 2.75) is 11.0 Å². The van der Waals surface area contributed by atoms with Gasteiger partial charge in [-0.25, -0.2) is 4.99 Å². The minimum Gasteiger partial charge on any atom is -0.386 e. The summed E-state index contributed by atoms with van der Waals surface area (Å²) in [5, 5.41) is 18.7. The third-order valence-electron chi connectivity index (χ3n) is 4.81. The minimum atomic E-state index is -1.09. The molecule has 2 fully saturated rings. The first-order valence-electron chi connectivity index (χ1n) is 6.80. The lowest BCUT2D eigenvalue weighted by Gasteiger charge is -2.26. The Morgan fingerprint density at radius 3 is 2.59 bits per heavy atom. The van der Waals surface area contributed by atoms with Gasteiger partial charge in [0.15, 0.2) is 5.41 Å². The molecule has 2 heterocycles. The van der Waals surface area contributed by atoms with Crippen molar-refractivity contribution in [2.75, 3.05) is 12.4 Å². The van der Waals surface area contributed by atoms with Crippen LogP contribution >= 0.6 is 27.7 Å². The molecule has 0 amide bonds. The van der Waals surface area contributed by atoms with E-state index < -0.39 is 15.9 Å². The van der Waals surface area contributed by atoms with E-state index >= 15 is 0 Å². The van der Waals surface area contributed by atoms with Gasteiger partial charge in [0.2, 0.25) is 5.06 Å². The molecular weight excluding hydrogens is 364 g/mol. The fourth-order valence-corrected chi connectivity index (χ4v) is 5.46. The van der Waals surface area contributed by atoms with Crippen molar-refractivity contribution in [1.29, 1.82) is 10.5 Å². The molecule has 1 spiro atoms. The summed E-state index contributed by atoms with van der Waals surface area (Å²) in [4.78, 5) is 4.41. The zero-order valence-corrected chi connectivity index (χ0v) is 13.8. The maximum Gasteiger partial charge on any atom is 0.230 e. The molecule has 4 rings (SSSR count). The van der Waals surface area contributed by atoms with E-state index in [1.807, 2.05) is 24.3 Å². The van der Waals surface area contributed by atoms with Crippen molar-refractivity contribution in [1.82, 2.24) is 0 Å². The van der Waals surface area contributed by atoms with Crippen LogP contribution < -0.4 is 5.73 Å². The van der Waals surface area contributed by atoms with E-state index in [1.165, 1.54) is 11.8 Å². The highest BCUT2D eigenvalue weighted by molar-refractivity contribution is 9.10. The molecule has 2 N–H and O–H groups in total. The van der Waals surface area contributed by atoms with E-state index in [4.69, 9.17) is 10.5 Å². The van der Waals surface area contributed by atoms with Gasteiger partial charge in [-0.3, -0.25) is 0 Å². The summed E-state index contributed by atoms with van der Waals surface area (Å²) in [7, 11) is 0. The molecule has 5 nitrogen and oxygen atoms in total. The van der Waals surface area contributed by atoms with Gasteiger partial charge in [-0.05, 0) is 17.7 Å². The molecule has 110 valence electrons. The fraction of sp³-hybridized carbons (Fsp3) is 0.400. The highest BCUT2D eigenvalue weighted by atomic mass is 79.9. The Balaban J connectivity index is 1.92. The molecule has 1 saturated heterocycles. The molecule has 1 aliphatic carbocycles. The SMILES string of the molecule is N#C[C@@]12[C@@H](c3ccc(Br)cc3)[C@]1(C#N)C(N)=N[C@@]21OCCS1. The third kappa shape index (κ3) is 1.27. The first-order chi connectivity index (χ1) is 10.6. The first-order valence-corrected chi connectivity index (χ1v) is 8.57. The van der Waals surface area contributed by atoms with Crippen LogP contribution in [0.15, 0.2) is 33.7 Å². The summed E-state index contributed by atoms with van der Waals surface area (Å²) < 4.78 is 6.78. The summed E-state index contributed by atoms with van der Waals surface area (Å²) in [5.74, 6) is 0.652. The Hall–Kier alpha value is -1.54. The van der Waals surface area contributed by atoms with E-state index in [2.05, 4.69) is 33.1 Å². The number of aliphatic imine (C=N–C) groups is 1. The summed E-state index contributed by atoms with van der Waals surface area (Å²) in [6.07, 6.45) is 0. The molecule has 0 unspecified atom stereocenters. The van der Waals surface area contributed by atoms with Crippen LogP contribution in [0.25, 0.3) is 0 Å². The van der Waals surface area contributed by atoms with E-state index in [0.29, 0.717) is 6.61 Å². The second kappa shape index (κ2) is 4.26. The molecule has 3 aliphatic rings. The average molecular weight is 375 g/mol. The average Bonchev–Trinajstić information content (AvgIpc) is 2.77. The number of nitriles is 2. The van der Waals surface area contributed by atoms with Crippen LogP contribution in [0.2, 0.25) is 0 Å². The van der Waals surface area contributed by atoms with Crippen molar-refractivity contribution in [3.05, 3.63) is 34.3 Å². The Morgan fingerprint density at radius 1 is 1.32 bits per heavy atom. The molecule has 0 bridgehead atoms. The normalized spacial score (nSPS) is 41.6. The van der Waals surface area contributed by atoms with Crippen LogP contribution in [0.3, 0.4) is 0 Å². The van der Waals surface area contributed by atoms with E-state index in [-0.39, 0.29) is 11.8 Å². The molecule has 4 atom stereocenters. The molecular formula is C15H11BrN4OS. The summed E-state index contributed by atoms with van der Waals surface area (Å²) in [5.41, 5.74) is 4.89. The highest BCUT2D eigenvalue weighted by Gasteiger charge is 2.93. The van der Waals surface area contributed by atoms with Crippen LogP contribution in [0.1, 0.15) is 11.5 Å². The highest BCUT2D eigenvalue weighted by Crippen LogP contribution is 2.84. The summed E-state index contributed by atoms with van der Waals surface area (Å²) >= 11 is 4.87. The second-order valence-electron chi connectivity index (χ2n) is 5.60. The molecule has 0 aromatic heterocycles. The molecule has 0 radical (unpaired) electrons. The standard InChI is InChI=1S/C15H11BrN4OS/c16-10-3-1-9(2-4-10)11-13(7-17)12(19)20-15(14(11,13)8-18)21-5-6-22-15/h1-4,11H,5-6H2,(H2,19,20)/t11-,13+,14+,15+/m0/s1. The number of nitrogens with zero attached hydrogens (tertiary/aromatic N) is 3. The zero-order chi connectivity index (χ0) is 15.6. The topological polar surface area (TPSA) is 95.2 Å². The Labute approximate surface area is 140 Å². The van der Waals surface area contributed by atoms with Crippen molar-refractivity contribution in [3.8, 4) is 12.1 Å². The number of rotatable bonds is 1. The van der Waals surface area contributed by atoms with Gasteiger partial charge in [0.1, 0.15) is 11.3 Å². The number of hydrogen-bond donors (Lipinski definition) is 1. The minimum absolute atomic E-state index is 0.221. The van der Waals surface area contributed by atoms with Gasteiger partial charge in [-0.15, -0.1) is 0 Å². The van der Waals surface area contributed by atoms with Crippen LogP contribution in [0.5, 0.6) is 0 Å². The van der Waals surface area contributed by atoms with Gasteiger partial charge in [0, 0.05) is 16.1 Å². The van der Waals surface area contributed by atoms with Crippen molar-refractivity contribution in [2.24, 2.45) is 21.6 Å². The molecule has 1 saturated carbocycles. The second-order valence-corrected chi connectivity index (χ2v) is 7.77. The zero-order valence-electron chi connectivity index (χ0n) is 11.4. The third-order valence-corrected chi connectivity index (χ3v) is 6.63. The number of fused-ring (bicyclic) bond motifs is 2. The quantitative estimate of drug-likeness (QED) is 0.813. The lowest BCUT2D eigenvalue weighted by atomic mass is 9.95. The van der Waals surface area contributed by atoms with Crippen LogP contribution in [0.4, 0.5) is 0 Å². The molecule has 7 heteroatoms. The van der Waals surface area contributed by atoms with Gasteiger partial charge in [0.05, 0.1) is 18.7 Å². The van der Waals surface area contributed by atoms with E-state index in [0.717, 1.165) is 15.8 Å². The summed E-state index contributed by atoms with van der Waals surface area (Å²) in [6.45, 7) is 0.513. The Bertz CT molecular complexity index is 774. The van der Waals surface area contributed by atoms with Crippen LogP contribution in [-0.2, 0) is 4.74 Å². The predicted octanol–water partition coefficient (Wildman–Crippen LogP) is 2.35.